The van der Waals surface area contributed by atoms with Crippen molar-refractivity contribution in [3.05, 3.63) is 48.5 Å². The highest BCUT2D eigenvalue weighted by molar-refractivity contribution is 7.92. The van der Waals surface area contributed by atoms with Crippen molar-refractivity contribution in [1.82, 2.24) is 9.97 Å². The molecule has 0 saturated carbocycles. The third kappa shape index (κ3) is 5.44. The maximum absolute atomic E-state index is 12.9. The van der Waals surface area contributed by atoms with Crippen LogP contribution in [0, 0.1) is 5.92 Å². The summed E-state index contributed by atoms with van der Waals surface area (Å²) < 4.78 is 34.0. The number of nitrogens with one attached hydrogen (secondary N) is 2. The number of rotatable bonds is 8. The molecule has 0 radical (unpaired) electrons. The fourth-order valence-corrected chi connectivity index (χ4v) is 3.65. The zero-order chi connectivity index (χ0) is 21.7. The quantitative estimate of drug-likeness (QED) is 0.564. The first kappa shape index (κ1) is 21.5. The smallest absolute Gasteiger partial charge is 0.263 e. The molecule has 0 aliphatic heterocycles. The van der Waals surface area contributed by atoms with Gasteiger partial charge in [0.1, 0.15) is 0 Å². The summed E-state index contributed by atoms with van der Waals surface area (Å²) in [6.45, 7) is 5.92. The van der Waals surface area contributed by atoms with Gasteiger partial charge in [-0.25, -0.2) is 18.4 Å². The molecule has 0 spiro atoms. The van der Waals surface area contributed by atoms with Crippen molar-refractivity contribution in [2.75, 3.05) is 16.6 Å². The molecule has 0 aliphatic carbocycles. The van der Waals surface area contributed by atoms with Gasteiger partial charge in [-0.05, 0) is 48.7 Å². The minimum absolute atomic E-state index is 0.0275. The Kier molecular flexibility index (Phi) is 6.51. The predicted octanol–water partition coefficient (Wildman–Crippen LogP) is 3.81. The Morgan fingerprint density at radius 2 is 1.67 bits per heavy atom. The lowest BCUT2D eigenvalue weighted by Gasteiger charge is -2.14. The molecule has 9 heteroatoms. The molecule has 2 aromatic carbocycles. The summed E-state index contributed by atoms with van der Waals surface area (Å²) in [7, 11) is -3.94. The minimum Gasteiger partial charge on any atom is -0.475 e. The zero-order valence-electron chi connectivity index (χ0n) is 17.0. The molecule has 158 valence electrons. The van der Waals surface area contributed by atoms with Crippen LogP contribution in [0.25, 0.3) is 11.0 Å². The van der Waals surface area contributed by atoms with Crippen LogP contribution in [0.2, 0.25) is 0 Å². The highest BCUT2D eigenvalue weighted by Crippen LogP contribution is 2.27. The van der Waals surface area contributed by atoms with Gasteiger partial charge in [0.2, 0.25) is 11.7 Å². The van der Waals surface area contributed by atoms with E-state index in [-0.39, 0.29) is 22.5 Å². The number of aromatic nitrogens is 2. The molecule has 0 fully saturated rings. The highest BCUT2D eigenvalue weighted by atomic mass is 32.2. The van der Waals surface area contributed by atoms with E-state index in [9.17, 15) is 13.2 Å². The number of hydrogen-bond donors (Lipinski definition) is 2. The SMILES string of the molecule is CC(=O)Nc1ccc(S(=O)(=O)Nc2nc3ccccc3nc2OCCC(C)C)cc1. The van der Waals surface area contributed by atoms with Gasteiger partial charge >= 0.3 is 0 Å². The first-order valence-electron chi connectivity index (χ1n) is 9.54. The van der Waals surface area contributed by atoms with Gasteiger partial charge in [0, 0.05) is 12.6 Å². The van der Waals surface area contributed by atoms with E-state index in [4.69, 9.17) is 4.74 Å². The van der Waals surface area contributed by atoms with E-state index in [0.717, 1.165) is 6.42 Å². The largest absolute Gasteiger partial charge is 0.475 e. The molecule has 1 amide bonds. The fraction of sp³-hybridized carbons (Fsp3) is 0.286. The number of carbonyl (C=O) groups is 1. The van der Waals surface area contributed by atoms with Gasteiger partial charge in [-0.15, -0.1) is 0 Å². The maximum Gasteiger partial charge on any atom is 0.263 e. The standard InChI is InChI=1S/C21H24N4O4S/c1-14(2)12-13-29-21-20(23-18-6-4-5-7-19(18)24-21)25-30(27,28)17-10-8-16(9-11-17)22-15(3)26/h4-11,14H,12-13H2,1-3H3,(H,22,26)(H,23,25). The van der Waals surface area contributed by atoms with Crippen molar-refractivity contribution in [1.29, 1.82) is 0 Å². The summed E-state index contributed by atoms with van der Waals surface area (Å²) in [6, 6.07) is 13.0. The Balaban J connectivity index is 1.90. The molecule has 2 N–H and O–H groups in total. The second-order valence-electron chi connectivity index (χ2n) is 7.21. The van der Waals surface area contributed by atoms with Crippen LogP contribution in [0.3, 0.4) is 0 Å². The van der Waals surface area contributed by atoms with E-state index < -0.39 is 10.0 Å². The van der Waals surface area contributed by atoms with Crippen molar-refractivity contribution in [3.8, 4) is 5.88 Å². The average molecular weight is 429 g/mol. The van der Waals surface area contributed by atoms with Crippen LogP contribution in [0.5, 0.6) is 5.88 Å². The summed E-state index contributed by atoms with van der Waals surface area (Å²) in [5, 5.41) is 2.60. The molecular weight excluding hydrogens is 404 g/mol. The van der Waals surface area contributed by atoms with Gasteiger partial charge in [-0.2, -0.15) is 0 Å². The molecule has 0 saturated heterocycles. The van der Waals surface area contributed by atoms with E-state index in [1.54, 1.807) is 18.2 Å². The maximum atomic E-state index is 12.9. The van der Waals surface area contributed by atoms with E-state index in [0.29, 0.717) is 29.2 Å². The number of para-hydroxylation sites is 2. The Labute approximate surface area is 175 Å². The lowest BCUT2D eigenvalue weighted by molar-refractivity contribution is -0.114. The van der Waals surface area contributed by atoms with Gasteiger partial charge < -0.3 is 10.1 Å². The predicted molar refractivity (Wildman–Crippen MR) is 116 cm³/mol. The number of carbonyl (C=O) groups excluding carboxylic acids is 1. The molecule has 3 aromatic rings. The van der Waals surface area contributed by atoms with Crippen LogP contribution in [-0.2, 0) is 14.8 Å². The third-order valence-corrected chi connectivity index (χ3v) is 5.54. The Hall–Kier alpha value is -3.20. The number of sulfonamides is 1. The number of nitrogens with zero attached hydrogens (tertiary/aromatic N) is 2. The Bertz CT molecular complexity index is 1150. The highest BCUT2D eigenvalue weighted by Gasteiger charge is 2.20. The van der Waals surface area contributed by atoms with E-state index in [1.165, 1.54) is 31.2 Å². The van der Waals surface area contributed by atoms with Crippen molar-refractivity contribution in [2.45, 2.75) is 32.1 Å². The molecule has 0 unspecified atom stereocenters. The Morgan fingerprint density at radius 1 is 1.03 bits per heavy atom. The molecular formula is C21H24N4O4S. The fourth-order valence-electron chi connectivity index (χ4n) is 2.65. The number of anilines is 2. The van der Waals surface area contributed by atoms with Gasteiger partial charge in [-0.3, -0.25) is 9.52 Å². The lowest BCUT2D eigenvalue weighted by atomic mass is 10.1. The van der Waals surface area contributed by atoms with Crippen LogP contribution in [0.1, 0.15) is 27.2 Å². The van der Waals surface area contributed by atoms with E-state index in [2.05, 4.69) is 33.9 Å². The molecule has 3 rings (SSSR count). The number of ether oxygens (including phenoxy) is 1. The molecule has 1 heterocycles. The van der Waals surface area contributed by atoms with Crippen molar-refractivity contribution in [3.63, 3.8) is 0 Å². The second-order valence-corrected chi connectivity index (χ2v) is 8.89. The molecule has 0 aliphatic rings. The summed E-state index contributed by atoms with van der Waals surface area (Å²) in [4.78, 5) is 20.0. The molecule has 1 aromatic heterocycles. The monoisotopic (exact) mass is 428 g/mol. The molecule has 0 bridgehead atoms. The number of amides is 1. The Morgan fingerprint density at radius 3 is 2.27 bits per heavy atom. The molecule has 8 nitrogen and oxygen atoms in total. The number of fused-ring (bicyclic) bond motifs is 1. The summed E-state index contributed by atoms with van der Waals surface area (Å²) in [5.41, 5.74) is 1.66. The zero-order valence-corrected chi connectivity index (χ0v) is 17.9. The molecule has 0 atom stereocenters. The first-order chi connectivity index (χ1) is 14.2. The van der Waals surface area contributed by atoms with E-state index in [1.807, 2.05) is 6.07 Å². The van der Waals surface area contributed by atoms with Crippen LogP contribution in [0.15, 0.2) is 53.4 Å². The van der Waals surface area contributed by atoms with Gasteiger partial charge in [0.15, 0.2) is 0 Å². The topological polar surface area (TPSA) is 110 Å². The molecule has 30 heavy (non-hydrogen) atoms. The van der Waals surface area contributed by atoms with Crippen LogP contribution >= 0.6 is 0 Å². The lowest BCUT2D eigenvalue weighted by Crippen LogP contribution is -2.16. The van der Waals surface area contributed by atoms with Crippen molar-refractivity contribution >= 4 is 38.5 Å². The van der Waals surface area contributed by atoms with Crippen molar-refractivity contribution < 1.29 is 17.9 Å². The normalized spacial score (nSPS) is 11.5. The van der Waals surface area contributed by atoms with Crippen LogP contribution in [0.4, 0.5) is 11.5 Å². The average Bonchev–Trinajstić information content (AvgIpc) is 2.67. The summed E-state index contributed by atoms with van der Waals surface area (Å²) in [5.74, 6) is 0.357. The minimum atomic E-state index is -3.94. The third-order valence-electron chi connectivity index (χ3n) is 4.19. The van der Waals surface area contributed by atoms with E-state index >= 15 is 0 Å². The summed E-state index contributed by atoms with van der Waals surface area (Å²) in [6.07, 6.45) is 0.797. The van der Waals surface area contributed by atoms with Crippen molar-refractivity contribution in [2.24, 2.45) is 5.92 Å². The number of hydrogen-bond acceptors (Lipinski definition) is 6. The van der Waals surface area contributed by atoms with Gasteiger partial charge in [-0.1, -0.05) is 26.0 Å². The van der Waals surface area contributed by atoms with Crippen LogP contribution < -0.4 is 14.8 Å². The number of benzene rings is 2. The van der Waals surface area contributed by atoms with Gasteiger partial charge in [0.05, 0.1) is 22.5 Å². The van der Waals surface area contributed by atoms with Gasteiger partial charge in [0.25, 0.3) is 15.9 Å². The first-order valence-corrected chi connectivity index (χ1v) is 11.0. The summed E-state index contributed by atoms with van der Waals surface area (Å²) >= 11 is 0. The van der Waals surface area contributed by atoms with Crippen LogP contribution in [-0.4, -0.2) is 30.9 Å². The second kappa shape index (κ2) is 9.08.